The van der Waals surface area contributed by atoms with Gasteiger partial charge in [-0.05, 0) is 38.5 Å². The summed E-state index contributed by atoms with van der Waals surface area (Å²) in [4.78, 5) is 28.3. The van der Waals surface area contributed by atoms with E-state index in [1.54, 1.807) is 12.0 Å². The first-order valence-corrected chi connectivity index (χ1v) is 9.37. The number of methoxy groups -OCH3 is 1. The van der Waals surface area contributed by atoms with Crippen molar-refractivity contribution in [3.63, 3.8) is 0 Å². The van der Waals surface area contributed by atoms with Crippen molar-refractivity contribution < 1.29 is 19.1 Å². The molecule has 0 bridgehead atoms. The molecule has 3 aliphatic heterocycles. The average Bonchev–Trinajstić information content (AvgIpc) is 2.80. The van der Waals surface area contributed by atoms with Crippen LogP contribution in [0.5, 0.6) is 0 Å². The fourth-order valence-electron chi connectivity index (χ4n) is 4.30. The Morgan fingerprint density at radius 1 is 1.21 bits per heavy atom. The van der Waals surface area contributed by atoms with Crippen LogP contribution < -0.4 is 0 Å². The van der Waals surface area contributed by atoms with E-state index in [4.69, 9.17) is 9.47 Å². The molecule has 0 radical (unpaired) electrons. The lowest BCUT2D eigenvalue weighted by Crippen LogP contribution is -2.57. The summed E-state index contributed by atoms with van der Waals surface area (Å²) in [6, 6.07) is 0. The number of nitrogens with zero attached hydrogens (tertiary/aromatic N) is 2. The van der Waals surface area contributed by atoms with Crippen molar-refractivity contribution in [3.8, 4) is 0 Å². The summed E-state index contributed by atoms with van der Waals surface area (Å²) in [5, 5.41) is 0. The zero-order valence-electron chi connectivity index (χ0n) is 14.8. The maximum Gasteiger partial charge on any atom is 0.242 e. The van der Waals surface area contributed by atoms with Gasteiger partial charge >= 0.3 is 0 Å². The van der Waals surface area contributed by atoms with Crippen molar-refractivity contribution in [1.82, 2.24) is 9.80 Å². The van der Waals surface area contributed by atoms with E-state index in [-0.39, 0.29) is 30.1 Å². The summed E-state index contributed by atoms with van der Waals surface area (Å²) in [6.45, 7) is 3.13. The van der Waals surface area contributed by atoms with Gasteiger partial charge in [0.2, 0.25) is 11.8 Å². The van der Waals surface area contributed by atoms with Gasteiger partial charge in [-0.15, -0.1) is 0 Å². The quantitative estimate of drug-likeness (QED) is 0.784. The zero-order valence-corrected chi connectivity index (χ0v) is 14.8. The second-order valence-corrected chi connectivity index (χ2v) is 7.29. The van der Waals surface area contributed by atoms with Crippen LogP contribution in [0, 0.1) is 0 Å². The Kier molecular flexibility index (Phi) is 5.76. The Labute approximate surface area is 144 Å². The van der Waals surface area contributed by atoms with Crippen molar-refractivity contribution >= 4 is 11.8 Å². The molecule has 0 aromatic rings. The Morgan fingerprint density at radius 2 is 2.00 bits per heavy atom. The fraction of sp³-hybridized carbons (Fsp3) is 0.889. The van der Waals surface area contributed by atoms with E-state index in [9.17, 15) is 9.59 Å². The average molecular weight is 338 g/mol. The number of carbonyl (C=O) groups is 2. The Morgan fingerprint density at radius 3 is 2.75 bits per heavy atom. The van der Waals surface area contributed by atoms with Crippen molar-refractivity contribution in [2.24, 2.45) is 0 Å². The molecule has 3 saturated heterocycles. The Balaban J connectivity index is 1.54. The molecule has 0 saturated carbocycles. The molecule has 3 fully saturated rings. The topological polar surface area (TPSA) is 59.1 Å². The second kappa shape index (κ2) is 7.83. The van der Waals surface area contributed by atoms with E-state index in [0.717, 1.165) is 58.1 Å². The van der Waals surface area contributed by atoms with E-state index in [1.807, 2.05) is 4.90 Å². The predicted molar refractivity (Wildman–Crippen MR) is 89.6 cm³/mol. The van der Waals surface area contributed by atoms with Gasteiger partial charge in [-0.25, -0.2) is 0 Å². The van der Waals surface area contributed by atoms with Gasteiger partial charge in [0.25, 0.3) is 0 Å². The number of carbonyl (C=O) groups excluding carboxylic acids is 2. The van der Waals surface area contributed by atoms with Gasteiger partial charge in [0.15, 0.2) is 0 Å². The largest absolute Gasteiger partial charge is 0.378 e. The smallest absolute Gasteiger partial charge is 0.242 e. The molecule has 6 heteroatoms. The lowest BCUT2D eigenvalue weighted by Gasteiger charge is -2.48. The molecular weight excluding hydrogens is 308 g/mol. The zero-order chi connectivity index (χ0) is 17.0. The Hall–Kier alpha value is -1.14. The highest BCUT2D eigenvalue weighted by atomic mass is 16.5. The normalized spacial score (nSPS) is 28.0. The molecule has 0 unspecified atom stereocenters. The number of likely N-dealkylation sites (tertiary alicyclic amines) is 2. The monoisotopic (exact) mass is 338 g/mol. The first-order valence-electron chi connectivity index (χ1n) is 9.37. The van der Waals surface area contributed by atoms with Crippen molar-refractivity contribution in [2.75, 3.05) is 39.9 Å². The molecule has 0 aromatic heterocycles. The molecule has 136 valence electrons. The van der Waals surface area contributed by atoms with E-state index in [0.29, 0.717) is 19.5 Å². The molecule has 0 aliphatic carbocycles. The minimum atomic E-state index is -0.220. The number of piperidine rings is 1. The van der Waals surface area contributed by atoms with Gasteiger partial charge in [-0.3, -0.25) is 9.59 Å². The van der Waals surface area contributed by atoms with Gasteiger partial charge in [-0.1, -0.05) is 6.42 Å². The van der Waals surface area contributed by atoms with E-state index >= 15 is 0 Å². The molecule has 3 heterocycles. The van der Waals surface area contributed by atoms with Crippen molar-refractivity contribution in [2.45, 2.75) is 63.1 Å². The fourth-order valence-corrected chi connectivity index (χ4v) is 4.30. The van der Waals surface area contributed by atoms with Crippen LogP contribution in [0.4, 0.5) is 0 Å². The molecule has 3 rings (SSSR count). The molecule has 3 aliphatic rings. The maximum absolute atomic E-state index is 12.6. The van der Waals surface area contributed by atoms with Crippen LogP contribution in [0.25, 0.3) is 0 Å². The molecule has 6 nitrogen and oxygen atoms in total. The summed E-state index contributed by atoms with van der Waals surface area (Å²) in [5.41, 5.74) is -0.220. The standard InChI is InChI=1S/C18H30N2O4/c1-23-15-6-5-13-24-18(15)8-11-19(12-9-18)17(22)14-20-10-4-2-3-7-16(20)21/h15H,2-14H2,1H3/t15-/m1/s1. The molecule has 0 aromatic carbocycles. The second-order valence-electron chi connectivity index (χ2n) is 7.29. The van der Waals surface area contributed by atoms with Crippen LogP contribution in [0.2, 0.25) is 0 Å². The van der Waals surface area contributed by atoms with Gasteiger partial charge < -0.3 is 19.3 Å². The third kappa shape index (κ3) is 3.75. The highest BCUT2D eigenvalue weighted by Crippen LogP contribution is 2.36. The minimum absolute atomic E-state index is 0.0740. The first-order chi connectivity index (χ1) is 11.6. The highest BCUT2D eigenvalue weighted by Gasteiger charge is 2.45. The molecular formula is C18H30N2O4. The molecule has 24 heavy (non-hydrogen) atoms. The highest BCUT2D eigenvalue weighted by molar-refractivity contribution is 5.85. The molecule has 1 spiro atoms. The lowest BCUT2D eigenvalue weighted by molar-refractivity contribution is -0.188. The third-order valence-electron chi connectivity index (χ3n) is 5.83. The molecule has 2 amide bonds. The minimum Gasteiger partial charge on any atom is -0.378 e. The molecule has 1 atom stereocenters. The number of ether oxygens (including phenoxy) is 2. The predicted octanol–water partition coefficient (Wildman–Crippen LogP) is 1.58. The summed E-state index contributed by atoms with van der Waals surface area (Å²) in [6.07, 6.45) is 7.48. The van der Waals surface area contributed by atoms with Gasteiger partial charge in [0, 0.05) is 39.8 Å². The van der Waals surface area contributed by atoms with Crippen LogP contribution in [-0.2, 0) is 19.1 Å². The van der Waals surface area contributed by atoms with Crippen LogP contribution in [-0.4, -0.2) is 73.2 Å². The summed E-state index contributed by atoms with van der Waals surface area (Å²) in [5.74, 6) is 0.203. The summed E-state index contributed by atoms with van der Waals surface area (Å²) < 4.78 is 11.7. The summed E-state index contributed by atoms with van der Waals surface area (Å²) >= 11 is 0. The number of hydrogen-bond donors (Lipinski definition) is 0. The van der Waals surface area contributed by atoms with E-state index in [2.05, 4.69) is 0 Å². The van der Waals surface area contributed by atoms with Gasteiger partial charge in [0.1, 0.15) is 0 Å². The number of hydrogen-bond acceptors (Lipinski definition) is 4. The number of rotatable bonds is 3. The van der Waals surface area contributed by atoms with E-state index in [1.165, 1.54) is 0 Å². The van der Waals surface area contributed by atoms with Crippen molar-refractivity contribution in [1.29, 1.82) is 0 Å². The van der Waals surface area contributed by atoms with Gasteiger partial charge in [-0.2, -0.15) is 0 Å². The van der Waals surface area contributed by atoms with Crippen LogP contribution >= 0.6 is 0 Å². The van der Waals surface area contributed by atoms with Gasteiger partial charge in [0.05, 0.1) is 18.2 Å². The molecule has 0 N–H and O–H groups in total. The maximum atomic E-state index is 12.6. The first kappa shape index (κ1) is 17.7. The summed E-state index contributed by atoms with van der Waals surface area (Å²) in [7, 11) is 1.75. The van der Waals surface area contributed by atoms with E-state index < -0.39 is 0 Å². The van der Waals surface area contributed by atoms with Crippen LogP contribution in [0.3, 0.4) is 0 Å². The lowest BCUT2D eigenvalue weighted by atomic mass is 9.82. The van der Waals surface area contributed by atoms with Crippen LogP contribution in [0.1, 0.15) is 51.4 Å². The van der Waals surface area contributed by atoms with Crippen LogP contribution in [0.15, 0.2) is 0 Å². The number of amides is 2. The van der Waals surface area contributed by atoms with Crippen molar-refractivity contribution in [3.05, 3.63) is 0 Å². The SMILES string of the molecule is CO[C@@H]1CCCOC12CCN(C(=O)CN1CCCCCC1=O)CC2. The Bertz CT molecular complexity index is 460. The third-order valence-corrected chi connectivity index (χ3v) is 5.83.